The molecule has 6 nitrogen and oxygen atoms in total. The van der Waals surface area contributed by atoms with Gasteiger partial charge in [0.25, 0.3) is 0 Å². The van der Waals surface area contributed by atoms with E-state index < -0.39 is 21.6 Å². The molecule has 0 aliphatic carbocycles. The second-order valence-electron chi connectivity index (χ2n) is 13.6. The first-order chi connectivity index (χ1) is 23.1. The molecule has 0 radical (unpaired) electrons. The minimum Gasteiger partial charge on any atom is -0.496 e. The van der Waals surface area contributed by atoms with Crippen molar-refractivity contribution >= 4 is 37.1 Å². The fraction of sp³-hybridized carbons (Fsp3) is 0.415. The van der Waals surface area contributed by atoms with E-state index in [1.54, 1.807) is 28.4 Å². The van der Waals surface area contributed by atoms with E-state index in [1.165, 1.54) is 21.2 Å². The molecule has 8 heteroatoms. The second-order valence-corrected chi connectivity index (χ2v) is 18.2. The molecular weight excluding hydrogens is 650 g/mol. The number of benzene rings is 4. The lowest BCUT2D eigenvalue weighted by atomic mass is 10.1. The summed E-state index contributed by atoms with van der Waals surface area (Å²) in [5.41, 5.74) is 8.83. The third-order valence-corrected chi connectivity index (χ3v) is 14.5. The highest BCUT2D eigenvalue weighted by Crippen LogP contribution is 2.59. The predicted molar refractivity (Wildman–Crippen MR) is 206 cm³/mol. The fourth-order valence-electron chi connectivity index (χ4n) is 7.53. The Bertz CT molecular complexity index is 1520. The lowest BCUT2D eigenvalue weighted by Crippen LogP contribution is -2.34. The molecule has 0 spiro atoms. The number of methoxy groups -OCH3 is 4. The number of hydrogen-bond acceptors (Lipinski definition) is 6. The molecule has 4 aromatic carbocycles. The van der Waals surface area contributed by atoms with E-state index in [0.29, 0.717) is 0 Å². The molecule has 5 rings (SSSR count). The van der Waals surface area contributed by atoms with Gasteiger partial charge < -0.3 is 28.4 Å². The van der Waals surface area contributed by atoms with Crippen molar-refractivity contribution < 1.29 is 28.4 Å². The number of rotatable bonds is 10. The molecule has 262 valence electrons. The van der Waals surface area contributed by atoms with Crippen LogP contribution in [0, 0.1) is 55.4 Å². The summed E-state index contributed by atoms with van der Waals surface area (Å²) in [5.74, 6) is 2.32. The van der Waals surface area contributed by atoms with Crippen LogP contribution in [0.25, 0.3) is 0 Å². The molecule has 0 unspecified atom stereocenters. The molecule has 1 fully saturated rings. The Labute approximate surface area is 295 Å². The molecular formula is C41H52O6P2. The molecule has 0 amide bonds. The Morgan fingerprint density at radius 1 is 0.408 bits per heavy atom. The summed E-state index contributed by atoms with van der Waals surface area (Å²) < 4.78 is 37.6. The Morgan fingerprint density at radius 3 is 0.755 bits per heavy atom. The van der Waals surface area contributed by atoms with Crippen LogP contribution in [0.4, 0.5) is 0 Å². The van der Waals surface area contributed by atoms with Gasteiger partial charge in [-0.3, -0.25) is 0 Å². The maximum Gasteiger partial charge on any atom is 0.164 e. The predicted octanol–water partition coefficient (Wildman–Crippen LogP) is 8.19. The Balaban J connectivity index is 1.82. The maximum atomic E-state index is 7.15. The molecule has 0 aromatic heterocycles. The van der Waals surface area contributed by atoms with Crippen molar-refractivity contribution in [3.05, 3.63) is 93.0 Å². The van der Waals surface area contributed by atoms with Crippen molar-refractivity contribution in [1.82, 2.24) is 0 Å². The minimum atomic E-state index is -1.10. The van der Waals surface area contributed by atoms with Crippen LogP contribution in [-0.2, 0) is 9.47 Å². The molecule has 49 heavy (non-hydrogen) atoms. The first kappa shape index (κ1) is 37.1. The van der Waals surface area contributed by atoms with Crippen LogP contribution >= 0.6 is 15.8 Å². The van der Waals surface area contributed by atoms with Crippen LogP contribution in [0.15, 0.2) is 48.5 Å². The Kier molecular flexibility index (Phi) is 11.1. The van der Waals surface area contributed by atoms with Crippen molar-refractivity contribution in [1.29, 1.82) is 0 Å². The number of hydrogen-bond donors (Lipinski definition) is 0. The zero-order valence-corrected chi connectivity index (χ0v) is 33.4. The summed E-state index contributed by atoms with van der Waals surface area (Å²) in [4.78, 5) is 0. The normalized spacial score (nSPS) is 17.1. The van der Waals surface area contributed by atoms with E-state index in [1.807, 2.05) is 13.8 Å². The molecule has 0 N–H and O–H groups in total. The highest BCUT2D eigenvalue weighted by Gasteiger charge is 2.50. The van der Waals surface area contributed by atoms with E-state index >= 15 is 0 Å². The molecule has 1 aliphatic rings. The van der Waals surface area contributed by atoms with Crippen LogP contribution in [0.2, 0.25) is 0 Å². The van der Waals surface area contributed by atoms with Crippen molar-refractivity contribution in [2.45, 2.75) is 86.7 Å². The zero-order chi connectivity index (χ0) is 35.9. The summed E-state index contributed by atoms with van der Waals surface area (Å²) in [6, 6.07) is 18.3. The topological polar surface area (TPSA) is 55.4 Å². The van der Waals surface area contributed by atoms with Crippen LogP contribution < -0.4 is 40.2 Å². The number of aryl methyl sites for hydroxylation is 8. The first-order valence-electron chi connectivity index (χ1n) is 16.7. The van der Waals surface area contributed by atoms with Gasteiger partial charge in [-0.2, -0.15) is 0 Å². The van der Waals surface area contributed by atoms with E-state index in [0.717, 1.165) is 67.5 Å². The van der Waals surface area contributed by atoms with Crippen LogP contribution in [0.1, 0.15) is 58.4 Å². The number of ether oxygens (including phenoxy) is 6. The Hall–Kier alpha value is -3.14. The van der Waals surface area contributed by atoms with E-state index in [2.05, 4.69) is 104 Å². The zero-order valence-electron chi connectivity index (χ0n) is 31.6. The molecule has 2 atom stereocenters. The molecule has 1 heterocycles. The average Bonchev–Trinajstić information content (AvgIpc) is 3.31. The summed E-state index contributed by atoms with van der Waals surface area (Å²) in [7, 11) is 4.76. The summed E-state index contributed by atoms with van der Waals surface area (Å²) in [5, 5.41) is 4.91. The van der Waals surface area contributed by atoms with Gasteiger partial charge in [0.2, 0.25) is 0 Å². The van der Waals surface area contributed by atoms with Crippen LogP contribution in [0.3, 0.4) is 0 Å². The van der Waals surface area contributed by atoms with Crippen LogP contribution in [-0.4, -0.2) is 45.9 Å². The third kappa shape index (κ3) is 7.22. The van der Waals surface area contributed by atoms with Gasteiger partial charge in [0.05, 0.1) is 28.4 Å². The first-order valence-corrected chi connectivity index (χ1v) is 19.5. The monoisotopic (exact) mass is 702 g/mol. The van der Waals surface area contributed by atoms with Crippen molar-refractivity contribution in [3.63, 3.8) is 0 Å². The highest BCUT2D eigenvalue weighted by atomic mass is 31.1. The summed E-state index contributed by atoms with van der Waals surface area (Å²) >= 11 is 0. The molecule has 0 bridgehead atoms. The van der Waals surface area contributed by atoms with Gasteiger partial charge in [-0.05, 0) is 199 Å². The van der Waals surface area contributed by atoms with Gasteiger partial charge in [0, 0.05) is 0 Å². The van der Waals surface area contributed by atoms with Gasteiger partial charge in [0.15, 0.2) is 5.79 Å². The van der Waals surface area contributed by atoms with Crippen LogP contribution in [0.5, 0.6) is 23.0 Å². The largest absolute Gasteiger partial charge is 0.496 e. The minimum absolute atomic E-state index is 0.263. The summed E-state index contributed by atoms with van der Waals surface area (Å²) in [6.45, 7) is 21.1. The smallest absolute Gasteiger partial charge is 0.164 e. The molecule has 4 aromatic rings. The lowest BCUT2D eigenvalue weighted by molar-refractivity contribution is -0.133. The maximum absolute atomic E-state index is 7.15. The second kappa shape index (κ2) is 14.6. The lowest BCUT2D eigenvalue weighted by Gasteiger charge is -2.34. The summed E-state index contributed by atoms with van der Waals surface area (Å²) in [6.07, 6.45) is 0. The van der Waals surface area contributed by atoms with E-state index in [9.17, 15) is 0 Å². The van der Waals surface area contributed by atoms with Gasteiger partial charge in [-0.15, -0.1) is 0 Å². The average molecular weight is 703 g/mol. The highest BCUT2D eigenvalue weighted by molar-refractivity contribution is 7.77. The van der Waals surface area contributed by atoms with Gasteiger partial charge in [0.1, 0.15) is 34.7 Å². The third-order valence-electron chi connectivity index (χ3n) is 9.27. The standard InChI is InChI=1S/C41H52O6P2/c1-23-15-31(16-24(2)35(23)42-11)48(32-17-25(3)36(43-12)26(4)18-32)39-40(47-41(9,10)46-39)49(33-19-27(5)37(44-13)28(6)20-33)34-21-29(7)38(45-14)30(8)22-34/h15-22,39-40H,1-14H3/t39-,40-/m0/s1. The van der Waals surface area contributed by atoms with Gasteiger partial charge in [-0.25, -0.2) is 0 Å². The SMILES string of the molecule is COc1c(C)cc(P(c2cc(C)c(OC)c(C)c2)[C@@H]2OC(C)(C)O[C@H]2P(c2cc(C)c(OC)c(C)c2)c2cc(C)c(OC)c(C)c2)cc1C. The van der Waals surface area contributed by atoms with Crippen molar-refractivity contribution in [2.75, 3.05) is 28.4 Å². The fourth-order valence-corrected chi connectivity index (χ4v) is 14.1. The molecule has 0 saturated carbocycles. The van der Waals surface area contributed by atoms with Gasteiger partial charge in [-0.1, -0.05) is 0 Å². The van der Waals surface area contributed by atoms with E-state index in [-0.39, 0.29) is 11.7 Å². The van der Waals surface area contributed by atoms with Crippen molar-refractivity contribution in [2.24, 2.45) is 0 Å². The van der Waals surface area contributed by atoms with E-state index in [4.69, 9.17) is 28.4 Å². The Morgan fingerprint density at radius 2 is 0.592 bits per heavy atom. The molecule has 1 saturated heterocycles. The molecule has 1 aliphatic heterocycles. The van der Waals surface area contributed by atoms with Crippen molar-refractivity contribution in [3.8, 4) is 23.0 Å². The quantitative estimate of drug-likeness (QED) is 0.156. The van der Waals surface area contributed by atoms with Gasteiger partial charge >= 0.3 is 0 Å².